The van der Waals surface area contributed by atoms with Gasteiger partial charge in [-0.15, -0.1) is 15.0 Å². The molecule has 6 nitrogen and oxygen atoms in total. The van der Waals surface area contributed by atoms with Gasteiger partial charge in [0.2, 0.25) is 5.69 Å². The van der Waals surface area contributed by atoms with Crippen LogP contribution in [0.2, 0.25) is 5.02 Å². The fourth-order valence-electron chi connectivity index (χ4n) is 1.01. The lowest BCUT2D eigenvalue weighted by molar-refractivity contribution is 0.0689. The van der Waals surface area contributed by atoms with Crippen LogP contribution in [0.4, 0.5) is 0 Å². The predicted octanol–water partition coefficient (Wildman–Crippen LogP) is 1.78. The number of rotatable bonds is 2. The van der Waals surface area contributed by atoms with Crippen molar-refractivity contribution >= 4 is 33.5 Å². The van der Waals surface area contributed by atoms with Crippen LogP contribution < -0.4 is 0 Å². The highest BCUT2D eigenvalue weighted by Gasteiger charge is 2.16. The maximum absolute atomic E-state index is 10.7. The summed E-state index contributed by atoms with van der Waals surface area (Å²) in [5, 5.41) is 16.9. The van der Waals surface area contributed by atoms with Gasteiger partial charge in [0.15, 0.2) is 10.4 Å². The van der Waals surface area contributed by atoms with Crippen LogP contribution in [0.1, 0.15) is 10.5 Å². The Balaban J connectivity index is 2.45. The van der Waals surface area contributed by atoms with Gasteiger partial charge in [0, 0.05) is 6.20 Å². The SMILES string of the molecule is O=C(O)c1nn(-c2ccc(Cl)cn2)nc1Br. The standard InChI is InChI=1S/C8H4BrClN4O2/c9-7-6(8(15)16)12-14(13-7)5-2-1-4(10)3-11-5/h1-3H,(H,15,16). The van der Waals surface area contributed by atoms with Gasteiger partial charge in [-0.05, 0) is 28.1 Å². The quantitative estimate of drug-likeness (QED) is 0.914. The molecular weight excluding hydrogens is 299 g/mol. The average Bonchev–Trinajstić information content (AvgIpc) is 2.61. The van der Waals surface area contributed by atoms with E-state index in [1.807, 2.05) is 0 Å². The van der Waals surface area contributed by atoms with Crippen LogP contribution >= 0.6 is 27.5 Å². The van der Waals surface area contributed by atoms with Crippen molar-refractivity contribution in [1.82, 2.24) is 20.0 Å². The second-order valence-corrected chi connectivity index (χ2v) is 3.96. The monoisotopic (exact) mass is 302 g/mol. The van der Waals surface area contributed by atoms with E-state index < -0.39 is 5.97 Å². The zero-order valence-electron chi connectivity index (χ0n) is 7.63. The summed E-state index contributed by atoms with van der Waals surface area (Å²) in [7, 11) is 0. The van der Waals surface area contributed by atoms with E-state index in [0.717, 1.165) is 4.80 Å². The van der Waals surface area contributed by atoms with E-state index in [9.17, 15) is 4.79 Å². The molecule has 0 aliphatic carbocycles. The van der Waals surface area contributed by atoms with E-state index in [4.69, 9.17) is 16.7 Å². The van der Waals surface area contributed by atoms with Crippen LogP contribution in [0.25, 0.3) is 5.82 Å². The Labute approximate surface area is 103 Å². The third-order valence-corrected chi connectivity index (χ3v) is 2.45. The minimum Gasteiger partial charge on any atom is -0.476 e. The molecule has 0 spiro atoms. The van der Waals surface area contributed by atoms with Gasteiger partial charge in [-0.2, -0.15) is 0 Å². The van der Waals surface area contributed by atoms with Crippen LogP contribution in [0.3, 0.4) is 0 Å². The van der Waals surface area contributed by atoms with E-state index in [1.165, 1.54) is 6.20 Å². The van der Waals surface area contributed by atoms with Gasteiger partial charge in [-0.1, -0.05) is 11.6 Å². The molecule has 2 heterocycles. The molecule has 0 bridgehead atoms. The highest BCUT2D eigenvalue weighted by atomic mass is 79.9. The summed E-state index contributed by atoms with van der Waals surface area (Å²) < 4.78 is 0.150. The van der Waals surface area contributed by atoms with Crippen molar-refractivity contribution in [2.24, 2.45) is 0 Å². The molecular formula is C8H4BrClN4O2. The molecule has 0 saturated heterocycles. The number of hydrogen-bond acceptors (Lipinski definition) is 4. The number of carboxylic acids is 1. The predicted molar refractivity (Wildman–Crippen MR) is 58.8 cm³/mol. The first-order chi connectivity index (χ1) is 7.58. The number of aromatic carboxylic acids is 1. The molecule has 2 aromatic rings. The zero-order chi connectivity index (χ0) is 11.7. The van der Waals surface area contributed by atoms with E-state index >= 15 is 0 Å². The first kappa shape index (κ1) is 11.0. The first-order valence-corrected chi connectivity index (χ1v) is 5.23. The summed E-state index contributed by atoms with van der Waals surface area (Å²) in [6.07, 6.45) is 1.43. The van der Waals surface area contributed by atoms with Gasteiger partial charge in [0.05, 0.1) is 5.02 Å². The molecule has 0 unspecified atom stereocenters. The summed E-state index contributed by atoms with van der Waals surface area (Å²) in [6, 6.07) is 3.20. The molecule has 16 heavy (non-hydrogen) atoms. The van der Waals surface area contributed by atoms with Gasteiger partial charge in [0.25, 0.3) is 0 Å². The molecule has 0 amide bonds. The summed E-state index contributed by atoms with van der Waals surface area (Å²) in [4.78, 5) is 15.8. The van der Waals surface area contributed by atoms with Crippen LogP contribution in [0.15, 0.2) is 22.9 Å². The lowest BCUT2D eigenvalue weighted by atomic mass is 10.5. The van der Waals surface area contributed by atoms with Crippen molar-refractivity contribution in [3.05, 3.63) is 33.6 Å². The molecule has 0 atom stereocenters. The Morgan fingerprint density at radius 1 is 1.44 bits per heavy atom. The van der Waals surface area contributed by atoms with Crippen LogP contribution in [-0.4, -0.2) is 31.1 Å². The normalized spacial score (nSPS) is 10.4. The maximum Gasteiger partial charge on any atom is 0.359 e. The molecule has 0 radical (unpaired) electrons. The van der Waals surface area contributed by atoms with Gasteiger partial charge in [-0.3, -0.25) is 0 Å². The van der Waals surface area contributed by atoms with E-state index in [2.05, 4.69) is 31.1 Å². The van der Waals surface area contributed by atoms with E-state index in [-0.39, 0.29) is 10.3 Å². The molecule has 0 aromatic carbocycles. The Hall–Kier alpha value is -1.47. The highest BCUT2D eigenvalue weighted by molar-refractivity contribution is 9.10. The molecule has 0 aliphatic heterocycles. The molecule has 1 N–H and O–H groups in total. The number of carboxylic acid groups (broad SMARTS) is 1. The maximum atomic E-state index is 10.7. The Morgan fingerprint density at radius 2 is 2.19 bits per heavy atom. The number of nitrogens with zero attached hydrogens (tertiary/aromatic N) is 4. The molecule has 0 aliphatic rings. The Kier molecular flexibility index (Phi) is 2.88. The second kappa shape index (κ2) is 4.18. The van der Waals surface area contributed by atoms with E-state index in [0.29, 0.717) is 10.8 Å². The lowest BCUT2D eigenvalue weighted by Gasteiger charge is -1.96. The Bertz CT molecular complexity index is 539. The van der Waals surface area contributed by atoms with Crippen LogP contribution in [0, 0.1) is 0 Å². The molecule has 2 rings (SSSR count). The van der Waals surface area contributed by atoms with Crippen molar-refractivity contribution in [3.8, 4) is 5.82 Å². The number of pyridine rings is 1. The summed E-state index contributed by atoms with van der Waals surface area (Å²) in [5.74, 6) is -0.773. The molecule has 0 fully saturated rings. The second-order valence-electron chi connectivity index (χ2n) is 2.77. The Morgan fingerprint density at radius 3 is 2.69 bits per heavy atom. The number of hydrogen-bond donors (Lipinski definition) is 1. The largest absolute Gasteiger partial charge is 0.476 e. The molecule has 8 heteroatoms. The number of halogens is 2. The summed E-state index contributed by atoms with van der Waals surface area (Å²) >= 11 is 8.67. The lowest BCUT2D eigenvalue weighted by Crippen LogP contribution is -2.03. The van der Waals surface area contributed by atoms with E-state index in [1.54, 1.807) is 12.1 Å². The summed E-state index contributed by atoms with van der Waals surface area (Å²) in [6.45, 7) is 0. The first-order valence-electron chi connectivity index (χ1n) is 4.06. The minimum atomic E-state index is -1.16. The third kappa shape index (κ3) is 2.05. The van der Waals surface area contributed by atoms with Crippen molar-refractivity contribution in [2.45, 2.75) is 0 Å². The van der Waals surface area contributed by atoms with Crippen LogP contribution in [-0.2, 0) is 0 Å². The van der Waals surface area contributed by atoms with Crippen LogP contribution in [0.5, 0.6) is 0 Å². The van der Waals surface area contributed by atoms with Crippen molar-refractivity contribution in [1.29, 1.82) is 0 Å². The minimum absolute atomic E-state index is 0.150. The summed E-state index contributed by atoms with van der Waals surface area (Å²) in [5.41, 5.74) is -0.170. The average molecular weight is 304 g/mol. The van der Waals surface area contributed by atoms with Gasteiger partial charge >= 0.3 is 5.97 Å². The van der Waals surface area contributed by atoms with Crippen molar-refractivity contribution in [3.63, 3.8) is 0 Å². The van der Waals surface area contributed by atoms with Gasteiger partial charge in [0.1, 0.15) is 0 Å². The molecule has 82 valence electrons. The number of aromatic nitrogens is 4. The number of carbonyl (C=O) groups is 1. The highest BCUT2D eigenvalue weighted by Crippen LogP contribution is 2.14. The molecule has 0 saturated carbocycles. The topological polar surface area (TPSA) is 80.9 Å². The smallest absolute Gasteiger partial charge is 0.359 e. The van der Waals surface area contributed by atoms with Gasteiger partial charge in [-0.25, -0.2) is 9.78 Å². The fraction of sp³-hybridized carbons (Fsp3) is 0. The fourth-order valence-corrected chi connectivity index (χ4v) is 1.52. The third-order valence-electron chi connectivity index (χ3n) is 1.69. The zero-order valence-corrected chi connectivity index (χ0v) is 9.97. The van der Waals surface area contributed by atoms with Crippen molar-refractivity contribution < 1.29 is 9.90 Å². The van der Waals surface area contributed by atoms with Crippen molar-refractivity contribution in [2.75, 3.05) is 0 Å². The van der Waals surface area contributed by atoms with Gasteiger partial charge < -0.3 is 5.11 Å². The molecule has 2 aromatic heterocycles.